The summed E-state index contributed by atoms with van der Waals surface area (Å²) in [5.74, 6) is -0.109. The lowest BCUT2D eigenvalue weighted by molar-refractivity contribution is 0.0998. The minimum atomic E-state index is -0.538. The van der Waals surface area contributed by atoms with Gasteiger partial charge in [0.05, 0.1) is 17.1 Å². The van der Waals surface area contributed by atoms with Crippen molar-refractivity contribution in [2.75, 3.05) is 28.6 Å². The van der Waals surface area contributed by atoms with Crippen LogP contribution < -0.4 is 21.3 Å². The van der Waals surface area contributed by atoms with Crippen LogP contribution in [0.1, 0.15) is 53.1 Å². The van der Waals surface area contributed by atoms with Gasteiger partial charge in [0.15, 0.2) is 0 Å². The van der Waals surface area contributed by atoms with Gasteiger partial charge in [-0.15, -0.1) is 0 Å². The van der Waals surface area contributed by atoms with Gasteiger partial charge in [-0.1, -0.05) is 18.2 Å². The standard InChI is InChI=1S/C28H30N6O2/c1-4-34(5-2)22-14-12-19(13-15-22)28(36)33-21-9-6-8-20(16-21)18(3)32-27-24-11-7-10-23(26(29)35)25(24)30-17-31-27/h6-18H,4-5H2,1-3H3,(H2,29,35)(H,33,36)(H,30,31,32). The van der Waals surface area contributed by atoms with Crippen LogP contribution in [0.25, 0.3) is 10.9 Å². The molecular weight excluding hydrogens is 452 g/mol. The van der Waals surface area contributed by atoms with E-state index in [1.807, 2.05) is 61.5 Å². The number of benzene rings is 3. The first kappa shape index (κ1) is 24.7. The molecule has 184 valence electrons. The van der Waals surface area contributed by atoms with Crippen LogP contribution in [0.4, 0.5) is 17.2 Å². The highest BCUT2D eigenvalue weighted by molar-refractivity contribution is 6.07. The number of rotatable bonds is 9. The van der Waals surface area contributed by atoms with Gasteiger partial charge in [-0.2, -0.15) is 0 Å². The number of carbonyl (C=O) groups is 2. The molecule has 0 saturated heterocycles. The van der Waals surface area contributed by atoms with E-state index in [1.54, 1.807) is 12.1 Å². The van der Waals surface area contributed by atoms with Crippen molar-refractivity contribution in [1.29, 1.82) is 0 Å². The molecule has 4 aromatic rings. The van der Waals surface area contributed by atoms with Crippen molar-refractivity contribution in [1.82, 2.24) is 9.97 Å². The average molecular weight is 483 g/mol. The van der Waals surface area contributed by atoms with Crippen molar-refractivity contribution in [3.63, 3.8) is 0 Å². The summed E-state index contributed by atoms with van der Waals surface area (Å²) in [6.45, 7) is 8.05. The predicted molar refractivity (Wildman–Crippen MR) is 144 cm³/mol. The Hall–Kier alpha value is -4.46. The van der Waals surface area contributed by atoms with E-state index in [2.05, 4.69) is 39.3 Å². The zero-order valence-corrected chi connectivity index (χ0v) is 20.7. The number of carbonyl (C=O) groups excluding carboxylic acids is 2. The van der Waals surface area contributed by atoms with Crippen LogP contribution in [0.15, 0.2) is 73.1 Å². The molecule has 36 heavy (non-hydrogen) atoms. The van der Waals surface area contributed by atoms with Gasteiger partial charge in [0.1, 0.15) is 12.1 Å². The van der Waals surface area contributed by atoms with Crippen molar-refractivity contribution in [3.8, 4) is 0 Å². The van der Waals surface area contributed by atoms with Gasteiger partial charge < -0.3 is 21.3 Å². The van der Waals surface area contributed by atoms with Gasteiger partial charge in [-0.25, -0.2) is 9.97 Å². The van der Waals surface area contributed by atoms with E-state index >= 15 is 0 Å². The summed E-state index contributed by atoms with van der Waals surface area (Å²) in [5, 5.41) is 7.08. The van der Waals surface area contributed by atoms with E-state index in [-0.39, 0.29) is 11.9 Å². The molecule has 8 heteroatoms. The normalized spacial score (nSPS) is 11.6. The molecule has 3 aromatic carbocycles. The molecular formula is C28H30N6O2. The first-order valence-corrected chi connectivity index (χ1v) is 12.0. The molecule has 0 spiro atoms. The smallest absolute Gasteiger partial charge is 0.255 e. The first-order chi connectivity index (χ1) is 17.4. The predicted octanol–water partition coefficient (Wildman–Crippen LogP) is 5.00. The molecule has 2 amide bonds. The van der Waals surface area contributed by atoms with E-state index in [0.717, 1.165) is 24.3 Å². The second-order valence-corrected chi connectivity index (χ2v) is 8.45. The van der Waals surface area contributed by atoms with E-state index in [4.69, 9.17) is 5.73 Å². The van der Waals surface area contributed by atoms with Crippen molar-refractivity contribution < 1.29 is 9.59 Å². The third kappa shape index (κ3) is 5.27. The van der Waals surface area contributed by atoms with Crippen LogP contribution in [0.2, 0.25) is 0 Å². The number of nitrogens with two attached hydrogens (primary N) is 1. The fourth-order valence-corrected chi connectivity index (χ4v) is 4.19. The number of nitrogens with zero attached hydrogens (tertiary/aromatic N) is 3. The van der Waals surface area contributed by atoms with E-state index < -0.39 is 5.91 Å². The lowest BCUT2D eigenvalue weighted by atomic mass is 10.1. The summed E-state index contributed by atoms with van der Waals surface area (Å²) in [4.78, 5) is 35.5. The lowest BCUT2D eigenvalue weighted by Crippen LogP contribution is -2.21. The Morgan fingerprint density at radius 3 is 2.39 bits per heavy atom. The number of hydrogen-bond acceptors (Lipinski definition) is 6. The molecule has 8 nitrogen and oxygen atoms in total. The third-order valence-electron chi connectivity index (χ3n) is 6.19. The lowest BCUT2D eigenvalue weighted by Gasteiger charge is -2.21. The molecule has 4 rings (SSSR count). The Labute approximate surface area is 210 Å². The van der Waals surface area contributed by atoms with E-state index in [9.17, 15) is 9.59 Å². The molecule has 4 N–H and O–H groups in total. The summed E-state index contributed by atoms with van der Waals surface area (Å²) in [6, 6.07) is 20.4. The molecule has 0 fully saturated rings. The summed E-state index contributed by atoms with van der Waals surface area (Å²) in [6.07, 6.45) is 1.41. The summed E-state index contributed by atoms with van der Waals surface area (Å²) < 4.78 is 0. The van der Waals surface area contributed by atoms with Crippen LogP contribution in [0, 0.1) is 0 Å². The highest BCUT2D eigenvalue weighted by Crippen LogP contribution is 2.27. The van der Waals surface area contributed by atoms with Crippen LogP contribution >= 0.6 is 0 Å². The summed E-state index contributed by atoms with van der Waals surface area (Å²) >= 11 is 0. The molecule has 1 aromatic heterocycles. The van der Waals surface area contributed by atoms with Crippen LogP contribution in [0.5, 0.6) is 0 Å². The number of primary amides is 1. The first-order valence-electron chi connectivity index (χ1n) is 12.0. The molecule has 0 radical (unpaired) electrons. The molecule has 1 heterocycles. The van der Waals surface area contributed by atoms with Crippen molar-refractivity contribution >= 4 is 39.9 Å². The van der Waals surface area contributed by atoms with Gasteiger partial charge in [0, 0.05) is 35.4 Å². The maximum atomic E-state index is 12.8. The Kier molecular flexibility index (Phi) is 7.44. The number of anilines is 3. The Balaban J connectivity index is 1.50. The van der Waals surface area contributed by atoms with Gasteiger partial charge in [-0.05, 0) is 74.9 Å². The minimum Gasteiger partial charge on any atom is -0.372 e. The molecule has 1 atom stereocenters. The molecule has 0 saturated carbocycles. The quantitative estimate of drug-likeness (QED) is 0.309. The van der Waals surface area contributed by atoms with Gasteiger partial charge in [0.25, 0.3) is 11.8 Å². The number of amides is 2. The molecule has 0 aliphatic rings. The summed E-state index contributed by atoms with van der Waals surface area (Å²) in [7, 11) is 0. The third-order valence-corrected chi connectivity index (χ3v) is 6.19. The maximum absolute atomic E-state index is 12.8. The number of hydrogen-bond donors (Lipinski definition) is 3. The Morgan fingerprint density at radius 2 is 1.69 bits per heavy atom. The topological polar surface area (TPSA) is 113 Å². The van der Waals surface area contributed by atoms with Gasteiger partial charge in [-0.3, -0.25) is 9.59 Å². The van der Waals surface area contributed by atoms with Crippen molar-refractivity contribution in [2.24, 2.45) is 5.73 Å². The zero-order chi connectivity index (χ0) is 25.7. The number of para-hydroxylation sites is 1. The second kappa shape index (κ2) is 10.9. The van der Waals surface area contributed by atoms with Gasteiger partial charge in [0.2, 0.25) is 0 Å². The van der Waals surface area contributed by atoms with Gasteiger partial charge >= 0.3 is 0 Å². The highest BCUT2D eigenvalue weighted by atomic mass is 16.2. The fraction of sp³-hybridized carbons (Fsp3) is 0.214. The number of aromatic nitrogens is 2. The molecule has 1 unspecified atom stereocenters. The minimum absolute atomic E-state index is 0.134. The van der Waals surface area contributed by atoms with Crippen molar-refractivity contribution in [2.45, 2.75) is 26.8 Å². The molecule has 0 aliphatic heterocycles. The molecule has 0 bridgehead atoms. The summed E-state index contributed by atoms with van der Waals surface area (Å²) in [5.41, 5.74) is 9.70. The van der Waals surface area contributed by atoms with E-state index in [1.165, 1.54) is 6.33 Å². The number of fused-ring (bicyclic) bond motifs is 1. The largest absolute Gasteiger partial charge is 0.372 e. The van der Waals surface area contributed by atoms with Crippen molar-refractivity contribution in [3.05, 3.63) is 89.7 Å². The second-order valence-electron chi connectivity index (χ2n) is 8.45. The maximum Gasteiger partial charge on any atom is 0.255 e. The van der Waals surface area contributed by atoms with E-state index in [0.29, 0.717) is 33.5 Å². The monoisotopic (exact) mass is 482 g/mol. The zero-order valence-electron chi connectivity index (χ0n) is 20.7. The average Bonchev–Trinajstić information content (AvgIpc) is 2.89. The Morgan fingerprint density at radius 1 is 0.972 bits per heavy atom. The Bertz CT molecular complexity index is 1380. The molecule has 0 aliphatic carbocycles. The van der Waals surface area contributed by atoms with Crippen LogP contribution in [-0.2, 0) is 0 Å². The van der Waals surface area contributed by atoms with Crippen LogP contribution in [-0.4, -0.2) is 34.9 Å². The highest BCUT2D eigenvalue weighted by Gasteiger charge is 2.14. The number of nitrogens with one attached hydrogen (secondary N) is 2. The van der Waals surface area contributed by atoms with Crippen LogP contribution in [0.3, 0.4) is 0 Å². The fourth-order valence-electron chi connectivity index (χ4n) is 4.19. The SMILES string of the molecule is CCN(CC)c1ccc(C(=O)Nc2cccc(C(C)Nc3ncnc4c(C(N)=O)cccc34)c2)cc1.